The van der Waals surface area contributed by atoms with Crippen LogP contribution in [0.15, 0.2) is 46.6 Å². The van der Waals surface area contributed by atoms with Crippen LogP contribution < -0.4 is 10.2 Å². The van der Waals surface area contributed by atoms with Gasteiger partial charge in [0.05, 0.1) is 28.8 Å². The van der Waals surface area contributed by atoms with Gasteiger partial charge < -0.3 is 10.2 Å². The Bertz CT molecular complexity index is 1180. The van der Waals surface area contributed by atoms with E-state index in [9.17, 15) is 14.4 Å². The third-order valence-corrected chi connectivity index (χ3v) is 7.98. The number of thiazole rings is 1. The number of piperidine rings is 1. The Hall–Kier alpha value is -3.04. The van der Waals surface area contributed by atoms with Crippen LogP contribution in [-0.4, -0.2) is 40.7 Å². The number of carbonyl (C=O) groups excluding carboxylic acids is 3. The highest BCUT2D eigenvalue weighted by Crippen LogP contribution is 2.38. The first kappa shape index (κ1) is 21.8. The molecule has 2 aliphatic rings. The second kappa shape index (κ2) is 9.07. The van der Waals surface area contributed by atoms with Crippen molar-refractivity contribution in [2.24, 2.45) is 5.92 Å². The number of amides is 3. The van der Waals surface area contributed by atoms with E-state index in [-0.39, 0.29) is 23.6 Å². The summed E-state index contributed by atoms with van der Waals surface area (Å²) in [7, 11) is 0. The Morgan fingerprint density at radius 3 is 2.88 bits per heavy atom. The summed E-state index contributed by atoms with van der Waals surface area (Å²) in [6.07, 6.45) is 3.33. The van der Waals surface area contributed by atoms with E-state index in [2.05, 4.69) is 15.2 Å². The highest BCUT2D eigenvalue weighted by atomic mass is 32.1. The number of hydrogen-bond donors (Lipinski definition) is 1. The second-order valence-corrected chi connectivity index (χ2v) is 10.1. The molecule has 1 N–H and O–H groups in total. The topological polar surface area (TPSA) is 82.6 Å². The van der Waals surface area contributed by atoms with Crippen molar-refractivity contribution >= 4 is 46.1 Å². The molecule has 4 heterocycles. The van der Waals surface area contributed by atoms with E-state index in [1.54, 1.807) is 23.6 Å². The Kier molecular flexibility index (Phi) is 5.99. The number of imide groups is 1. The van der Waals surface area contributed by atoms with Gasteiger partial charge >= 0.3 is 0 Å². The molecule has 0 unspecified atom stereocenters. The van der Waals surface area contributed by atoms with Gasteiger partial charge in [0.2, 0.25) is 5.91 Å². The normalized spacial score (nSPS) is 19.0. The summed E-state index contributed by atoms with van der Waals surface area (Å²) >= 11 is 3.04. The zero-order valence-corrected chi connectivity index (χ0v) is 19.8. The number of nitrogens with one attached hydrogen (secondary N) is 1. The molecule has 1 saturated heterocycles. The fraction of sp³-hybridized carbons (Fsp3) is 0.333. The van der Waals surface area contributed by atoms with Gasteiger partial charge in [-0.25, -0.2) is 4.98 Å². The van der Waals surface area contributed by atoms with Crippen molar-refractivity contribution in [1.82, 2.24) is 15.2 Å². The molecule has 3 aromatic rings. The van der Waals surface area contributed by atoms with E-state index in [4.69, 9.17) is 0 Å². The molecular formula is C24H24N4O3S2. The third kappa shape index (κ3) is 4.06. The van der Waals surface area contributed by atoms with Crippen LogP contribution in [0.25, 0.3) is 0 Å². The minimum absolute atomic E-state index is 0.0277. The molecule has 2 atom stereocenters. The van der Waals surface area contributed by atoms with E-state index in [0.717, 1.165) is 35.6 Å². The predicted molar refractivity (Wildman–Crippen MR) is 129 cm³/mol. The molecule has 7 nitrogen and oxygen atoms in total. The van der Waals surface area contributed by atoms with Crippen LogP contribution in [0.3, 0.4) is 0 Å². The summed E-state index contributed by atoms with van der Waals surface area (Å²) in [6.45, 7) is 3.62. The number of aromatic nitrogens is 1. The fourth-order valence-electron chi connectivity index (χ4n) is 4.59. The van der Waals surface area contributed by atoms with Crippen LogP contribution in [0.2, 0.25) is 0 Å². The molecule has 0 aliphatic carbocycles. The smallest absolute Gasteiger partial charge is 0.264 e. The van der Waals surface area contributed by atoms with Gasteiger partial charge in [-0.3, -0.25) is 19.3 Å². The monoisotopic (exact) mass is 480 g/mol. The maximum absolute atomic E-state index is 13.4. The average molecular weight is 481 g/mol. The SMILES string of the molecule is C[C@@H](c1nccs1)N1C(=O)c2cccc(N3CCC[C@H](C(=O)NCc4ccsc4)C3)c2C1=O. The van der Waals surface area contributed by atoms with Crippen LogP contribution in [0.4, 0.5) is 5.69 Å². The lowest BCUT2D eigenvalue weighted by atomic mass is 9.95. The van der Waals surface area contributed by atoms with Crippen molar-refractivity contribution in [3.8, 4) is 0 Å². The van der Waals surface area contributed by atoms with Gasteiger partial charge in [-0.1, -0.05) is 6.07 Å². The molecular weight excluding hydrogens is 456 g/mol. The molecule has 0 saturated carbocycles. The molecule has 0 bridgehead atoms. The standard InChI is InChI=1S/C24H24N4O3S2/c1-15(22-25-8-11-33-22)28-23(30)18-5-2-6-19(20(18)24(28)31)27-9-3-4-17(13-27)21(29)26-12-16-7-10-32-14-16/h2,5-8,10-11,14-15,17H,3-4,9,12-13H2,1H3,(H,26,29)/t15-,17-/m0/s1. The van der Waals surface area contributed by atoms with Crippen molar-refractivity contribution in [1.29, 1.82) is 0 Å². The zero-order chi connectivity index (χ0) is 22.9. The first-order valence-electron chi connectivity index (χ1n) is 11.0. The Labute approximate surface area is 200 Å². The number of benzene rings is 1. The summed E-state index contributed by atoms with van der Waals surface area (Å²) in [6, 6.07) is 6.99. The van der Waals surface area contributed by atoms with Gasteiger partial charge in [-0.15, -0.1) is 11.3 Å². The first-order chi connectivity index (χ1) is 16.0. The molecule has 1 aromatic carbocycles. The summed E-state index contributed by atoms with van der Waals surface area (Å²) in [4.78, 5) is 47.1. The number of fused-ring (bicyclic) bond motifs is 1. The lowest BCUT2D eigenvalue weighted by Crippen LogP contribution is -2.43. The van der Waals surface area contributed by atoms with Gasteiger partial charge in [-0.2, -0.15) is 11.3 Å². The number of hydrogen-bond acceptors (Lipinski definition) is 7. The maximum Gasteiger partial charge on any atom is 0.264 e. The summed E-state index contributed by atoms with van der Waals surface area (Å²) in [5, 5.41) is 9.63. The summed E-state index contributed by atoms with van der Waals surface area (Å²) in [5.41, 5.74) is 2.69. The maximum atomic E-state index is 13.4. The minimum Gasteiger partial charge on any atom is -0.370 e. The molecule has 0 radical (unpaired) electrons. The van der Waals surface area contributed by atoms with E-state index in [1.807, 2.05) is 41.3 Å². The van der Waals surface area contributed by atoms with Crippen molar-refractivity contribution in [2.45, 2.75) is 32.4 Å². The van der Waals surface area contributed by atoms with E-state index in [0.29, 0.717) is 24.2 Å². The summed E-state index contributed by atoms with van der Waals surface area (Å²) in [5.74, 6) is -0.718. The Morgan fingerprint density at radius 1 is 1.24 bits per heavy atom. The predicted octanol–water partition coefficient (Wildman–Crippen LogP) is 4.09. The van der Waals surface area contributed by atoms with Crippen LogP contribution in [0, 0.1) is 5.92 Å². The lowest BCUT2D eigenvalue weighted by molar-refractivity contribution is -0.125. The number of rotatable bonds is 6. The largest absolute Gasteiger partial charge is 0.370 e. The highest BCUT2D eigenvalue weighted by molar-refractivity contribution is 7.09. The van der Waals surface area contributed by atoms with Gasteiger partial charge in [0.15, 0.2) is 0 Å². The zero-order valence-electron chi connectivity index (χ0n) is 18.2. The average Bonchev–Trinajstić information content (AvgIpc) is 3.60. The molecule has 2 aliphatic heterocycles. The minimum atomic E-state index is -0.428. The van der Waals surface area contributed by atoms with Crippen molar-refractivity contribution in [3.05, 3.63) is 68.3 Å². The number of carbonyl (C=O) groups is 3. The second-order valence-electron chi connectivity index (χ2n) is 8.36. The van der Waals surface area contributed by atoms with E-state index < -0.39 is 6.04 Å². The van der Waals surface area contributed by atoms with Crippen LogP contribution in [0.5, 0.6) is 0 Å². The molecule has 3 amide bonds. The molecule has 2 aromatic heterocycles. The molecule has 1 fully saturated rings. The van der Waals surface area contributed by atoms with Crippen molar-refractivity contribution < 1.29 is 14.4 Å². The Morgan fingerprint density at radius 2 is 2.12 bits per heavy atom. The fourth-order valence-corrected chi connectivity index (χ4v) is 5.94. The number of anilines is 1. The van der Waals surface area contributed by atoms with Crippen LogP contribution >= 0.6 is 22.7 Å². The first-order valence-corrected chi connectivity index (χ1v) is 12.8. The van der Waals surface area contributed by atoms with Gasteiger partial charge in [0.25, 0.3) is 11.8 Å². The van der Waals surface area contributed by atoms with E-state index in [1.165, 1.54) is 16.2 Å². The molecule has 170 valence electrons. The number of thiophene rings is 1. The van der Waals surface area contributed by atoms with Crippen molar-refractivity contribution in [3.63, 3.8) is 0 Å². The number of nitrogens with zero attached hydrogens (tertiary/aromatic N) is 3. The Balaban J connectivity index is 1.35. The van der Waals surface area contributed by atoms with E-state index >= 15 is 0 Å². The van der Waals surface area contributed by atoms with Crippen molar-refractivity contribution in [2.75, 3.05) is 18.0 Å². The quantitative estimate of drug-likeness (QED) is 0.537. The molecule has 5 rings (SSSR count). The van der Waals surface area contributed by atoms with Crippen LogP contribution in [0.1, 0.15) is 57.1 Å². The van der Waals surface area contributed by atoms with Gasteiger partial charge in [0.1, 0.15) is 5.01 Å². The van der Waals surface area contributed by atoms with Crippen LogP contribution in [-0.2, 0) is 11.3 Å². The third-order valence-electron chi connectivity index (χ3n) is 6.30. The molecule has 9 heteroatoms. The molecule has 33 heavy (non-hydrogen) atoms. The lowest BCUT2D eigenvalue weighted by Gasteiger charge is -2.34. The highest BCUT2D eigenvalue weighted by Gasteiger charge is 2.42. The summed E-state index contributed by atoms with van der Waals surface area (Å²) < 4.78 is 0. The van der Waals surface area contributed by atoms with Gasteiger partial charge in [-0.05, 0) is 54.3 Å². The van der Waals surface area contributed by atoms with Gasteiger partial charge in [0, 0.05) is 31.2 Å². The molecule has 0 spiro atoms.